The number of sulfone groups is 1. The van der Waals surface area contributed by atoms with Crippen molar-refractivity contribution >= 4 is 9.84 Å². The summed E-state index contributed by atoms with van der Waals surface area (Å²) in [6, 6.07) is 5.54. The zero-order valence-corrected chi connectivity index (χ0v) is 9.80. The summed E-state index contributed by atoms with van der Waals surface area (Å²) >= 11 is 0. The lowest BCUT2D eigenvalue weighted by Crippen LogP contribution is -2.41. The van der Waals surface area contributed by atoms with Gasteiger partial charge < -0.3 is 0 Å². The van der Waals surface area contributed by atoms with Crippen molar-refractivity contribution in [3.8, 4) is 0 Å². The minimum Gasteiger partial charge on any atom is -0.271 e. The highest BCUT2D eigenvalue weighted by molar-refractivity contribution is 7.90. The molecule has 0 aliphatic heterocycles. The highest BCUT2D eigenvalue weighted by Gasteiger charge is 2.14. The molecule has 4 nitrogen and oxygen atoms in total. The van der Waals surface area contributed by atoms with Crippen molar-refractivity contribution in [2.75, 3.05) is 12.0 Å². The van der Waals surface area contributed by atoms with Gasteiger partial charge in [0.15, 0.2) is 0 Å². The molecule has 1 atom stereocenters. The van der Waals surface area contributed by atoms with Crippen LogP contribution in [-0.4, -0.2) is 26.5 Å². The minimum atomic E-state index is -3.08. The molecule has 0 amide bonds. The molecule has 0 radical (unpaired) electrons. The van der Waals surface area contributed by atoms with E-state index in [-0.39, 0.29) is 17.6 Å². The molecule has 0 saturated heterocycles. The van der Waals surface area contributed by atoms with E-state index in [0.717, 1.165) is 11.8 Å². The molecule has 0 saturated carbocycles. The summed E-state index contributed by atoms with van der Waals surface area (Å²) in [6.07, 6.45) is 1.60. The van der Waals surface area contributed by atoms with E-state index in [0.29, 0.717) is 6.42 Å². The van der Waals surface area contributed by atoms with E-state index in [4.69, 9.17) is 5.84 Å². The summed E-state index contributed by atoms with van der Waals surface area (Å²) in [4.78, 5) is 0. The number of halogens is 1. The fourth-order valence-corrected chi connectivity index (χ4v) is 2.38. The van der Waals surface area contributed by atoms with Gasteiger partial charge in [0.25, 0.3) is 0 Å². The SMILES string of the molecule is CS(=O)(=O)CC(Cc1ccc(F)cc1)NN. The van der Waals surface area contributed by atoms with Crippen molar-refractivity contribution in [1.29, 1.82) is 0 Å². The van der Waals surface area contributed by atoms with Crippen LogP contribution in [0.3, 0.4) is 0 Å². The Kier molecular flexibility index (Phi) is 4.40. The van der Waals surface area contributed by atoms with Crippen LogP contribution >= 0.6 is 0 Å². The number of nitrogens with two attached hydrogens (primary N) is 1. The van der Waals surface area contributed by atoms with Crippen LogP contribution < -0.4 is 11.3 Å². The first-order chi connectivity index (χ1) is 7.40. The van der Waals surface area contributed by atoms with Gasteiger partial charge in [-0.1, -0.05) is 12.1 Å². The maximum Gasteiger partial charge on any atom is 0.149 e. The van der Waals surface area contributed by atoms with E-state index in [2.05, 4.69) is 5.43 Å². The summed E-state index contributed by atoms with van der Waals surface area (Å²) < 4.78 is 34.8. The number of hydrazine groups is 1. The molecule has 0 aliphatic rings. The second kappa shape index (κ2) is 5.38. The van der Waals surface area contributed by atoms with Gasteiger partial charge in [0.05, 0.1) is 5.75 Å². The molecule has 1 unspecified atom stereocenters. The molecule has 0 spiro atoms. The molecule has 1 rings (SSSR count). The van der Waals surface area contributed by atoms with Gasteiger partial charge in [-0.2, -0.15) is 0 Å². The highest BCUT2D eigenvalue weighted by atomic mass is 32.2. The van der Waals surface area contributed by atoms with E-state index in [1.54, 1.807) is 12.1 Å². The third kappa shape index (κ3) is 4.69. The van der Waals surface area contributed by atoms with Crippen LogP contribution in [-0.2, 0) is 16.3 Å². The summed E-state index contributed by atoms with van der Waals surface area (Å²) in [5.41, 5.74) is 3.29. The van der Waals surface area contributed by atoms with Gasteiger partial charge in [0.2, 0.25) is 0 Å². The standard InChI is InChI=1S/C10H15FN2O2S/c1-16(14,15)7-10(13-12)6-8-2-4-9(11)5-3-8/h2-5,10,13H,6-7,12H2,1H3. The third-order valence-electron chi connectivity index (χ3n) is 2.13. The number of hydrogen-bond donors (Lipinski definition) is 2. The maximum atomic E-state index is 12.6. The summed E-state index contributed by atoms with van der Waals surface area (Å²) in [5, 5.41) is 0. The average molecular weight is 246 g/mol. The Balaban J connectivity index is 2.67. The molecule has 0 aromatic heterocycles. The zero-order chi connectivity index (χ0) is 12.2. The lowest BCUT2D eigenvalue weighted by atomic mass is 10.1. The molecule has 0 heterocycles. The average Bonchev–Trinajstić information content (AvgIpc) is 2.18. The van der Waals surface area contributed by atoms with Gasteiger partial charge >= 0.3 is 0 Å². The highest BCUT2D eigenvalue weighted by Crippen LogP contribution is 2.06. The van der Waals surface area contributed by atoms with Crippen LogP contribution in [0.4, 0.5) is 4.39 Å². The first-order valence-electron chi connectivity index (χ1n) is 4.79. The molecule has 0 bridgehead atoms. The normalized spacial score (nSPS) is 13.7. The second-order valence-electron chi connectivity index (χ2n) is 3.79. The number of rotatable bonds is 5. The van der Waals surface area contributed by atoms with E-state index < -0.39 is 9.84 Å². The first-order valence-corrected chi connectivity index (χ1v) is 6.85. The molecule has 1 aromatic carbocycles. The Morgan fingerprint density at radius 2 is 1.94 bits per heavy atom. The van der Waals surface area contributed by atoms with E-state index >= 15 is 0 Å². The summed E-state index contributed by atoms with van der Waals surface area (Å²) in [6.45, 7) is 0. The van der Waals surface area contributed by atoms with Crippen molar-refractivity contribution in [3.63, 3.8) is 0 Å². The molecule has 16 heavy (non-hydrogen) atoms. The maximum absolute atomic E-state index is 12.6. The van der Waals surface area contributed by atoms with Crippen molar-refractivity contribution in [2.24, 2.45) is 5.84 Å². The van der Waals surface area contributed by atoms with Crippen molar-refractivity contribution in [3.05, 3.63) is 35.6 Å². The number of hydrogen-bond acceptors (Lipinski definition) is 4. The Hall–Kier alpha value is -0.980. The Labute approximate surface area is 94.5 Å². The largest absolute Gasteiger partial charge is 0.271 e. The number of nitrogens with one attached hydrogen (secondary N) is 1. The van der Waals surface area contributed by atoms with Crippen molar-refractivity contribution in [2.45, 2.75) is 12.5 Å². The predicted octanol–water partition coefficient (Wildman–Crippen LogP) is 0.245. The fraction of sp³-hybridized carbons (Fsp3) is 0.400. The van der Waals surface area contributed by atoms with Crippen LogP contribution in [0.15, 0.2) is 24.3 Å². The topological polar surface area (TPSA) is 72.2 Å². The second-order valence-corrected chi connectivity index (χ2v) is 5.97. The van der Waals surface area contributed by atoms with Crippen LogP contribution in [0, 0.1) is 5.82 Å². The van der Waals surface area contributed by atoms with Gasteiger partial charge in [-0.05, 0) is 24.1 Å². The van der Waals surface area contributed by atoms with Gasteiger partial charge in [-0.25, -0.2) is 12.8 Å². The van der Waals surface area contributed by atoms with Crippen LogP contribution in [0.2, 0.25) is 0 Å². The van der Waals surface area contributed by atoms with E-state index in [1.807, 2.05) is 0 Å². The van der Waals surface area contributed by atoms with Crippen molar-refractivity contribution < 1.29 is 12.8 Å². The van der Waals surface area contributed by atoms with Gasteiger partial charge in [-0.15, -0.1) is 0 Å². The number of benzene rings is 1. The van der Waals surface area contributed by atoms with E-state index in [1.165, 1.54) is 12.1 Å². The lowest BCUT2D eigenvalue weighted by Gasteiger charge is -2.14. The van der Waals surface area contributed by atoms with Crippen LogP contribution in [0.5, 0.6) is 0 Å². The van der Waals surface area contributed by atoms with Gasteiger partial charge in [0, 0.05) is 12.3 Å². The zero-order valence-electron chi connectivity index (χ0n) is 8.98. The van der Waals surface area contributed by atoms with Crippen molar-refractivity contribution in [1.82, 2.24) is 5.43 Å². The lowest BCUT2D eigenvalue weighted by molar-refractivity contribution is 0.545. The third-order valence-corrected chi connectivity index (χ3v) is 3.14. The minimum absolute atomic E-state index is 0.0408. The summed E-state index contributed by atoms with van der Waals surface area (Å²) in [7, 11) is -3.08. The Morgan fingerprint density at radius 1 is 1.38 bits per heavy atom. The van der Waals surface area contributed by atoms with Crippen LogP contribution in [0.25, 0.3) is 0 Å². The molecular formula is C10H15FN2O2S. The van der Waals surface area contributed by atoms with E-state index in [9.17, 15) is 12.8 Å². The Bertz CT molecular complexity index is 431. The molecule has 90 valence electrons. The molecule has 0 aliphatic carbocycles. The monoisotopic (exact) mass is 246 g/mol. The predicted molar refractivity (Wildman–Crippen MR) is 60.9 cm³/mol. The molecule has 3 N–H and O–H groups in total. The molecule has 6 heteroatoms. The van der Waals surface area contributed by atoms with Crippen LogP contribution in [0.1, 0.15) is 5.56 Å². The fourth-order valence-electron chi connectivity index (χ4n) is 1.44. The quantitative estimate of drug-likeness (QED) is 0.577. The van der Waals surface area contributed by atoms with Gasteiger partial charge in [0.1, 0.15) is 15.7 Å². The van der Waals surface area contributed by atoms with Gasteiger partial charge in [-0.3, -0.25) is 11.3 Å². The smallest absolute Gasteiger partial charge is 0.149 e. The Morgan fingerprint density at radius 3 is 2.38 bits per heavy atom. The molecule has 0 fully saturated rings. The first kappa shape index (κ1) is 13.1. The molecule has 1 aromatic rings. The molecular weight excluding hydrogens is 231 g/mol. The summed E-state index contributed by atoms with van der Waals surface area (Å²) in [5.74, 6) is 4.91.